The molecule has 0 aliphatic heterocycles. The fraction of sp³-hybridized carbons (Fsp3) is 0.571. The van der Waals surface area contributed by atoms with E-state index in [1.807, 2.05) is 6.92 Å². The lowest BCUT2D eigenvalue weighted by atomic mass is 10.1. The largest absolute Gasteiger partial charge is 0.380 e. The average Bonchev–Trinajstić information content (AvgIpc) is 2.33. The molecule has 0 aliphatic carbocycles. The molecule has 0 saturated heterocycles. The summed E-state index contributed by atoms with van der Waals surface area (Å²) < 4.78 is 31.6. The summed E-state index contributed by atoms with van der Waals surface area (Å²) in [6.45, 7) is 5.98. The molecule has 102 valence electrons. The van der Waals surface area contributed by atoms with Crippen LogP contribution in [0.1, 0.15) is 38.3 Å². The van der Waals surface area contributed by atoms with Gasteiger partial charge in [0.15, 0.2) is 0 Å². The summed E-state index contributed by atoms with van der Waals surface area (Å²) in [4.78, 5) is 0. The summed E-state index contributed by atoms with van der Waals surface area (Å²) in [6.07, 6.45) is 2.17. The zero-order chi connectivity index (χ0) is 13.4. The van der Waals surface area contributed by atoms with Gasteiger partial charge in [0.1, 0.15) is 11.6 Å². The average molecular weight is 257 g/mol. The molecule has 2 nitrogen and oxygen atoms in total. The fourth-order valence-corrected chi connectivity index (χ4v) is 1.66. The van der Waals surface area contributed by atoms with Gasteiger partial charge in [-0.05, 0) is 19.4 Å². The Morgan fingerprint density at radius 1 is 1.28 bits per heavy atom. The van der Waals surface area contributed by atoms with E-state index in [1.54, 1.807) is 0 Å². The maximum absolute atomic E-state index is 13.5. The fourth-order valence-electron chi connectivity index (χ4n) is 1.66. The molecule has 1 rings (SSSR count). The Morgan fingerprint density at radius 2 is 2.06 bits per heavy atom. The number of benzene rings is 1. The van der Waals surface area contributed by atoms with E-state index in [4.69, 9.17) is 4.74 Å². The predicted molar refractivity (Wildman–Crippen MR) is 68.5 cm³/mol. The maximum Gasteiger partial charge on any atom is 0.130 e. The van der Waals surface area contributed by atoms with E-state index in [1.165, 1.54) is 12.1 Å². The van der Waals surface area contributed by atoms with Crippen LogP contribution < -0.4 is 5.32 Å². The van der Waals surface area contributed by atoms with Crippen LogP contribution in [0.2, 0.25) is 0 Å². The molecule has 0 fully saturated rings. The number of hydrogen-bond acceptors (Lipinski definition) is 2. The van der Waals surface area contributed by atoms with Gasteiger partial charge in [0, 0.05) is 30.8 Å². The van der Waals surface area contributed by atoms with Crippen molar-refractivity contribution in [1.82, 2.24) is 5.32 Å². The molecule has 0 bridgehead atoms. The Labute approximate surface area is 107 Å². The van der Waals surface area contributed by atoms with E-state index in [0.717, 1.165) is 25.5 Å². The second-order valence-corrected chi connectivity index (χ2v) is 4.31. The number of rotatable bonds is 8. The molecule has 0 spiro atoms. The number of unbranched alkanes of at least 4 members (excludes halogenated alkanes) is 1. The van der Waals surface area contributed by atoms with Crippen molar-refractivity contribution in [3.05, 3.63) is 35.4 Å². The third-order valence-electron chi connectivity index (χ3n) is 2.77. The second-order valence-electron chi connectivity index (χ2n) is 4.31. The Balaban J connectivity index is 2.29. The van der Waals surface area contributed by atoms with Crippen molar-refractivity contribution in [2.24, 2.45) is 0 Å². The molecule has 0 aromatic heterocycles. The predicted octanol–water partition coefficient (Wildman–Crippen LogP) is 3.43. The number of halogens is 2. The molecule has 0 saturated carbocycles. The summed E-state index contributed by atoms with van der Waals surface area (Å²) in [6, 6.07) is 3.50. The second kappa shape index (κ2) is 8.16. The van der Waals surface area contributed by atoms with E-state index in [0.29, 0.717) is 18.7 Å². The van der Waals surface area contributed by atoms with Gasteiger partial charge in [-0.1, -0.05) is 19.4 Å². The lowest BCUT2D eigenvalue weighted by molar-refractivity contribution is 0.131. The quantitative estimate of drug-likeness (QED) is 0.720. The van der Waals surface area contributed by atoms with Crippen molar-refractivity contribution in [1.29, 1.82) is 0 Å². The summed E-state index contributed by atoms with van der Waals surface area (Å²) in [5.74, 6) is -1.06. The van der Waals surface area contributed by atoms with E-state index >= 15 is 0 Å². The first-order chi connectivity index (χ1) is 8.65. The van der Waals surface area contributed by atoms with Gasteiger partial charge in [-0.25, -0.2) is 8.78 Å². The Kier molecular flexibility index (Phi) is 6.83. The minimum absolute atomic E-state index is 0.152. The van der Waals surface area contributed by atoms with Gasteiger partial charge in [0.2, 0.25) is 0 Å². The molecule has 0 heterocycles. The van der Waals surface area contributed by atoms with E-state index in [-0.39, 0.29) is 6.04 Å². The van der Waals surface area contributed by atoms with Crippen molar-refractivity contribution >= 4 is 0 Å². The zero-order valence-electron chi connectivity index (χ0n) is 11.0. The first-order valence-corrected chi connectivity index (χ1v) is 6.41. The molecule has 1 aromatic rings. The van der Waals surface area contributed by atoms with Crippen molar-refractivity contribution in [2.45, 2.75) is 32.7 Å². The van der Waals surface area contributed by atoms with Crippen LogP contribution in [0.25, 0.3) is 0 Å². The summed E-state index contributed by atoms with van der Waals surface area (Å²) in [5, 5.41) is 3.15. The van der Waals surface area contributed by atoms with Crippen molar-refractivity contribution < 1.29 is 13.5 Å². The monoisotopic (exact) mass is 257 g/mol. The lowest BCUT2D eigenvalue weighted by Gasteiger charge is -2.15. The molecule has 18 heavy (non-hydrogen) atoms. The highest BCUT2D eigenvalue weighted by Crippen LogP contribution is 2.17. The normalized spacial score (nSPS) is 12.7. The van der Waals surface area contributed by atoms with Crippen molar-refractivity contribution in [3.63, 3.8) is 0 Å². The van der Waals surface area contributed by atoms with Gasteiger partial charge in [-0.2, -0.15) is 0 Å². The van der Waals surface area contributed by atoms with Crippen LogP contribution in [0.15, 0.2) is 18.2 Å². The highest BCUT2D eigenvalue weighted by Gasteiger charge is 2.10. The highest BCUT2D eigenvalue weighted by atomic mass is 19.1. The number of nitrogens with one attached hydrogen (secondary N) is 1. The van der Waals surface area contributed by atoms with E-state index < -0.39 is 11.6 Å². The van der Waals surface area contributed by atoms with Crippen LogP contribution in [-0.2, 0) is 4.74 Å². The van der Waals surface area contributed by atoms with Crippen LogP contribution in [0.3, 0.4) is 0 Å². The summed E-state index contributed by atoms with van der Waals surface area (Å²) in [5.41, 5.74) is 0.477. The molecule has 0 aliphatic rings. The lowest BCUT2D eigenvalue weighted by Crippen LogP contribution is -2.24. The molecule has 1 aromatic carbocycles. The van der Waals surface area contributed by atoms with Crippen molar-refractivity contribution in [2.75, 3.05) is 19.8 Å². The summed E-state index contributed by atoms with van der Waals surface area (Å²) >= 11 is 0. The van der Waals surface area contributed by atoms with Gasteiger partial charge in [-0.3, -0.25) is 0 Å². The van der Waals surface area contributed by atoms with E-state index in [2.05, 4.69) is 12.2 Å². The van der Waals surface area contributed by atoms with Gasteiger partial charge >= 0.3 is 0 Å². The van der Waals surface area contributed by atoms with Gasteiger partial charge in [0.25, 0.3) is 0 Å². The van der Waals surface area contributed by atoms with Crippen molar-refractivity contribution in [3.8, 4) is 0 Å². The third-order valence-corrected chi connectivity index (χ3v) is 2.77. The van der Waals surface area contributed by atoms with E-state index in [9.17, 15) is 8.78 Å². The van der Waals surface area contributed by atoms with Crippen LogP contribution in [0.4, 0.5) is 8.78 Å². The van der Waals surface area contributed by atoms with Crippen LogP contribution in [0, 0.1) is 11.6 Å². The number of ether oxygens (including phenoxy) is 1. The molecular weight excluding hydrogens is 236 g/mol. The molecule has 1 N–H and O–H groups in total. The van der Waals surface area contributed by atoms with Gasteiger partial charge in [-0.15, -0.1) is 0 Å². The van der Waals surface area contributed by atoms with Gasteiger partial charge in [0.05, 0.1) is 6.61 Å². The smallest absolute Gasteiger partial charge is 0.130 e. The van der Waals surface area contributed by atoms with Gasteiger partial charge < -0.3 is 10.1 Å². The minimum Gasteiger partial charge on any atom is -0.380 e. The highest BCUT2D eigenvalue weighted by molar-refractivity contribution is 5.21. The molecule has 0 amide bonds. The zero-order valence-corrected chi connectivity index (χ0v) is 11.0. The SMILES string of the molecule is CCCCOCCNC(C)c1ccc(F)cc1F. The molecule has 1 atom stereocenters. The maximum atomic E-state index is 13.5. The van der Waals surface area contributed by atoms with Crippen LogP contribution >= 0.6 is 0 Å². The van der Waals surface area contributed by atoms with Crippen LogP contribution in [0.5, 0.6) is 0 Å². The first-order valence-electron chi connectivity index (χ1n) is 6.41. The standard InChI is InChI=1S/C14H21F2NO/c1-3-4-8-18-9-7-17-11(2)13-6-5-12(15)10-14(13)16/h5-6,10-11,17H,3-4,7-9H2,1-2H3. The first kappa shape index (κ1) is 15.1. The third kappa shape index (κ3) is 5.10. The summed E-state index contributed by atoms with van der Waals surface area (Å²) in [7, 11) is 0. The topological polar surface area (TPSA) is 21.3 Å². The number of hydrogen-bond donors (Lipinski definition) is 1. The Morgan fingerprint density at radius 3 is 2.72 bits per heavy atom. The molecular formula is C14H21F2NO. The Bertz CT molecular complexity index is 358. The molecule has 1 unspecified atom stereocenters. The Hall–Kier alpha value is -1.00. The molecule has 4 heteroatoms. The molecule has 0 radical (unpaired) electrons. The minimum atomic E-state index is -0.550. The van der Waals surface area contributed by atoms with Crippen LogP contribution in [-0.4, -0.2) is 19.8 Å².